The van der Waals surface area contributed by atoms with Gasteiger partial charge in [-0.2, -0.15) is 0 Å². The van der Waals surface area contributed by atoms with Crippen LogP contribution in [0.1, 0.15) is 13.8 Å². The van der Waals surface area contributed by atoms with Crippen molar-refractivity contribution < 1.29 is 23.5 Å². The van der Waals surface area contributed by atoms with Crippen molar-refractivity contribution in [3.8, 4) is 0 Å². The van der Waals surface area contributed by atoms with Crippen LogP contribution in [0.4, 0.5) is 20.6 Å². The molecular weight excluding hydrogens is 329 g/mol. The molecule has 1 aromatic rings. The molecule has 1 atom stereocenters. The molecule has 0 bridgehead atoms. The average molecular weight is 351 g/mol. The molecule has 136 valence electrons. The number of amides is 2. The lowest BCUT2D eigenvalue weighted by atomic mass is 9.95. The fourth-order valence-electron chi connectivity index (χ4n) is 3.08. The summed E-state index contributed by atoms with van der Waals surface area (Å²) in [4.78, 5) is 26.2. The van der Waals surface area contributed by atoms with E-state index in [1.807, 2.05) is 11.8 Å². The predicted octanol–water partition coefficient (Wildman–Crippen LogP) is 1.51. The van der Waals surface area contributed by atoms with E-state index in [1.54, 1.807) is 19.2 Å². The first-order valence-electron chi connectivity index (χ1n) is 8.13. The van der Waals surface area contributed by atoms with E-state index in [-0.39, 0.29) is 24.6 Å². The van der Waals surface area contributed by atoms with Gasteiger partial charge in [0.15, 0.2) is 0 Å². The van der Waals surface area contributed by atoms with Crippen LogP contribution in [-0.2, 0) is 14.3 Å². The summed E-state index contributed by atoms with van der Waals surface area (Å²) in [6.45, 7) is 5.11. The quantitative estimate of drug-likeness (QED) is 0.871. The number of rotatable bonds is 5. The maximum absolute atomic E-state index is 14.5. The number of benzene rings is 1. The van der Waals surface area contributed by atoms with E-state index in [0.717, 1.165) is 0 Å². The van der Waals surface area contributed by atoms with Crippen LogP contribution < -0.4 is 15.1 Å². The molecule has 3 rings (SSSR count). The normalized spacial score (nSPS) is 21.8. The molecule has 7 nitrogen and oxygen atoms in total. The van der Waals surface area contributed by atoms with Crippen molar-refractivity contribution in [1.82, 2.24) is 5.32 Å². The Hall–Kier alpha value is -2.35. The van der Waals surface area contributed by atoms with Crippen LogP contribution in [0.3, 0.4) is 0 Å². The molecule has 0 aliphatic carbocycles. The third-order valence-electron chi connectivity index (χ3n) is 4.58. The van der Waals surface area contributed by atoms with E-state index in [0.29, 0.717) is 24.5 Å². The molecule has 1 N–H and O–H groups in total. The van der Waals surface area contributed by atoms with Crippen LogP contribution in [0.2, 0.25) is 0 Å². The topological polar surface area (TPSA) is 71.1 Å². The predicted molar refractivity (Wildman–Crippen MR) is 90.3 cm³/mol. The van der Waals surface area contributed by atoms with Crippen molar-refractivity contribution in [2.45, 2.75) is 25.6 Å². The summed E-state index contributed by atoms with van der Waals surface area (Å²) < 4.78 is 25.1. The zero-order chi connectivity index (χ0) is 18.2. The average Bonchev–Trinajstić information content (AvgIpc) is 2.91. The molecule has 0 saturated carbocycles. The van der Waals surface area contributed by atoms with Gasteiger partial charge in [0.25, 0.3) is 0 Å². The number of hydrogen-bond acceptors (Lipinski definition) is 5. The summed E-state index contributed by atoms with van der Waals surface area (Å²) in [7, 11) is 1.65. The standard InChI is InChI=1S/C17H22FN3O4/c1-11(22)19-7-13-8-21(16(23)25-13)12-4-5-15(14(18)6-12)20-9-17(2,10-20)24-3/h4-6,13H,7-10H2,1-3H3,(H,19,22)/t13-/m0/s1. The van der Waals surface area contributed by atoms with Crippen molar-refractivity contribution in [2.24, 2.45) is 0 Å². The lowest BCUT2D eigenvalue weighted by Crippen LogP contribution is -2.61. The number of carbonyl (C=O) groups is 2. The number of anilines is 2. The Balaban J connectivity index is 1.67. The molecule has 1 aromatic carbocycles. The van der Waals surface area contributed by atoms with Gasteiger partial charge in [0.05, 0.1) is 30.1 Å². The molecule has 0 spiro atoms. The van der Waals surface area contributed by atoms with Gasteiger partial charge >= 0.3 is 6.09 Å². The number of nitrogens with one attached hydrogen (secondary N) is 1. The summed E-state index contributed by atoms with van der Waals surface area (Å²) in [5.74, 6) is -0.587. The fourth-order valence-corrected chi connectivity index (χ4v) is 3.08. The number of ether oxygens (including phenoxy) is 2. The first-order valence-corrected chi connectivity index (χ1v) is 8.13. The SMILES string of the molecule is COC1(C)CN(c2ccc(N3C[C@H](CNC(C)=O)OC3=O)cc2F)C1. The lowest BCUT2D eigenvalue weighted by molar-refractivity contribution is -0.119. The number of nitrogens with zero attached hydrogens (tertiary/aromatic N) is 2. The van der Waals surface area contributed by atoms with Crippen LogP contribution in [-0.4, -0.2) is 57.0 Å². The highest BCUT2D eigenvalue weighted by molar-refractivity contribution is 5.90. The molecule has 2 heterocycles. The minimum atomic E-state index is -0.543. The summed E-state index contributed by atoms with van der Waals surface area (Å²) >= 11 is 0. The second kappa shape index (κ2) is 6.51. The summed E-state index contributed by atoms with van der Waals surface area (Å²) in [6.07, 6.45) is -0.990. The van der Waals surface area contributed by atoms with Gasteiger partial charge in [-0.25, -0.2) is 9.18 Å². The van der Waals surface area contributed by atoms with E-state index in [4.69, 9.17) is 9.47 Å². The Kier molecular flexibility index (Phi) is 4.55. The molecule has 2 amide bonds. The van der Waals surface area contributed by atoms with Gasteiger partial charge in [-0.05, 0) is 25.1 Å². The van der Waals surface area contributed by atoms with Gasteiger partial charge in [0.2, 0.25) is 5.91 Å². The number of cyclic esters (lactones) is 1. The van der Waals surface area contributed by atoms with Gasteiger partial charge in [0, 0.05) is 27.1 Å². The van der Waals surface area contributed by atoms with Crippen molar-refractivity contribution >= 4 is 23.4 Å². The van der Waals surface area contributed by atoms with Crippen LogP contribution in [0.25, 0.3) is 0 Å². The molecule has 0 radical (unpaired) electrons. The molecule has 0 aromatic heterocycles. The number of carbonyl (C=O) groups excluding carboxylic acids is 2. The van der Waals surface area contributed by atoms with E-state index in [1.165, 1.54) is 17.9 Å². The first-order chi connectivity index (χ1) is 11.8. The first kappa shape index (κ1) is 17.5. The molecule has 0 unspecified atom stereocenters. The van der Waals surface area contributed by atoms with Gasteiger partial charge < -0.3 is 19.7 Å². The van der Waals surface area contributed by atoms with Gasteiger partial charge in [-0.3, -0.25) is 9.69 Å². The van der Waals surface area contributed by atoms with Crippen LogP contribution in [0.15, 0.2) is 18.2 Å². The Morgan fingerprint density at radius 1 is 1.48 bits per heavy atom. The van der Waals surface area contributed by atoms with Crippen molar-refractivity contribution in [3.63, 3.8) is 0 Å². The highest BCUT2D eigenvalue weighted by Crippen LogP contribution is 2.34. The second-order valence-corrected chi connectivity index (χ2v) is 6.70. The Bertz CT molecular complexity index is 690. The van der Waals surface area contributed by atoms with Gasteiger partial charge in [-0.15, -0.1) is 0 Å². The second-order valence-electron chi connectivity index (χ2n) is 6.70. The van der Waals surface area contributed by atoms with E-state index in [9.17, 15) is 14.0 Å². The Labute approximate surface area is 145 Å². The van der Waals surface area contributed by atoms with Crippen LogP contribution in [0, 0.1) is 5.82 Å². The molecule has 2 saturated heterocycles. The zero-order valence-electron chi connectivity index (χ0n) is 14.5. The summed E-state index contributed by atoms with van der Waals surface area (Å²) in [5, 5.41) is 2.61. The van der Waals surface area contributed by atoms with E-state index in [2.05, 4.69) is 5.32 Å². The van der Waals surface area contributed by atoms with Gasteiger partial charge in [0.1, 0.15) is 11.9 Å². The third kappa shape index (κ3) is 3.53. The third-order valence-corrected chi connectivity index (χ3v) is 4.58. The number of halogens is 1. The lowest BCUT2D eigenvalue weighted by Gasteiger charge is -2.48. The van der Waals surface area contributed by atoms with Crippen molar-refractivity contribution in [3.05, 3.63) is 24.0 Å². The monoisotopic (exact) mass is 351 g/mol. The Morgan fingerprint density at radius 3 is 2.80 bits per heavy atom. The van der Waals surface area contributed by atoms with Crippen LogP contribution in [0.5, 0.6) is 0 Å². The number of methoxy groups -OCH3 is 1. The van der Waals surface area contributed by atoms with E-state index < -0.39 is 18.0 Å². The zero-order valence-corrected chi connectivity index (χ0v) is 14.5. The van der Waals surface area contributed by atoms with Crippen molar-refractivity contribution in [1.29, 1.82) is 0 Å². The maximum Gasteiger partial charge on any atom is 0.414 e. The molecule has 25 heavy (non-hydrogen) atoms. The maximum atomic E-state index is 14.5. The molecular formula is C17H22FN3O4. The minimum absolute atomic E-state index is 0.192. The molecule has 2 fully saturated rings. The number of hydrogen-bond donors (Lipinski definition) is 1. The largest absolute Gasteiger partial charge is 0.442 e. The summed E-state index contributed by atoms with van der Waals surface area (Å²) in [5.41, 5.74) is 0.674. The van der Waals surface area contributed by atoms with Gasteiger partial charge in [-0.1, -0.05) is 0 Å². The van der Waals surface area contributed by atoms with Crippen LogP contribution >= 0.6 is 0 Å². The highest BCUT2D eigenvalue weighted by Gasteiger charge is 2.40. The summed E-state index contributed by atoms with van der Waals surface area (Å²) in [6, 6.07) is 4.69. The smallest absolute Gasteiger partial charge is 0.414 e. The molecule has 2 aliphatic heterocycles. The molecule has 2 aliphatic rings. The van der Waals surface area contributed by atoms with Crippen molar-refractivity contribution in [2.75, 3.05) is 43.1 Å². The molecule has 8 heteroatoms. The highest BCUT2D eigenvalue weighted by atomic mass is 19.1. The fraction of sp³-hybridized carbons (Fsp3) is 0.529. The van der Waals surface area contributed by atoms with E-state index >= 15 is 0 Å². The Morgan fingerprint density at radius 2 is 2.20 bits per heavy atom. The minimum Gasteiger partial charge on any atom is -0.442 e.